The molecule has 1 fully saturated rings. The van der Waals surface area contributed by atoms with E-state index in [1.807, 2.05) is 0 Å². The Morgan fingerprint density at radius 1 is 0.470 bits per heavy atom. The van der Waals surface area contributed by atoms with E-state index in [0.29, 0.717) is 12.8 Å². The van der Waals surface area contributed by atoms with E-state index >= 15 is 0 Å². The Labute approximate surface area is 402 Å². The van der Waals surface area contributed by atoms with E-state index in [1.165, 1.54) is 173 Å². The number of carbonyl (C=O) groups excluding carboxylic acids is 1. The summed E-state index contributed by atoms with van der Waals surface area (Å²) in [6.45, 7) is 3.84. The van der Waals surface area contributed by atoms with Crippen molar-refractivity contribution in [2.45, 2.75) is 319 Å². The van der Waals surface area contributed by atoms with E-state index in [0.717, 1.165) is 51.4 Å². The van der Waals surface area contributed by atoms with Gasteiger partial charge < -0.3 is 46.0 Å². The van der Waals surface area contributed by atoms with E-state index in [-0.39, 0.29) is 12.8 Å². The molecule has 8 unspecified atom stereocenters. The molecule has 13 nitrogen and oxygen atoms in total. The molecule has 0 aromatic carbocycles. The van der Waals surface area contributed by atoms with E-state index in [2.05, 4.69) is 19.2 Å². The molecule has 1 aliphatic carbocycles. The van der Waals surface area contributed by atoms with Gasteiger partial charge in [0, 0.05) is 0 Å². The first-order chi connectivity index (χ1) is 31.8. The number of amides is 1. The maximum atomic E-state index is 13.1. The molecule has 8 atom stereocenters. The number of phosphoric ester groups is 1. The third kappa shape index (κ3) is 33.0. The molecule has 1 saturated carbocycles. The number of rotatable bonds is 47. The molecule has 1 aliphatic rings. The summed E-state index contributed by atoms with van der Waals surface area (Å²) in [5, 5.41) is 75.0. The molecule has 1 rings (SSSR count). The van der Waals surface area contributed by atoms with Crippen molar-refractivity contribution < 1.29 is 59.0 Å². The molecule has 66 heavy (non-hydrogen) atoms. The second kappa shape index (κ2) is 42.0. The van der Waals surface area contributed by atoms with Crippen molar-refractivity contribution in [1.82, 2.24) is 5.32 Å². The average molecular weight is 966 g/mol. The quantitative estimate of drug-likeness (QED) is 0.0205. The lowest BCUT2D eigenvalue weighted by atomic mass is 9.85. The van der Waals surface area contributed by atoms with Crippen molar-refractivity contribution in [3.05, 3.63) is 0 Å². The molecule has 0 bridgehead atoms. The molecule has 0 saturated heterocycles. The van der Waals surface area contributed by atoms with Crippen molar-refractivity contribution in [2.75, 3.05) is 6.61 Å². The van der Waals surface area contributed by atoms with Crippen LogP contribution in [0.25, 0.3) is 0 Å². The van der Waals surface area contributed by atoms with E-state index < -0.39 is 75.2 Å². The molecular weight excluding hydrogens is 862 g/mol. The fraction of sp³-hybridized carbons (Fsp3) is 0.981. The van der Waals surface area contributed by atoms with Gasteiger partial charge in [-0.1, -0.05) is 245 Å². The monoisotopic (exact) mass is 966 g/mol. The van der Waals surface area contributed by atoms with E-state index in [4.69, 9.17) is 9.05 Å². The minimum Gasteiger partial charge on any atom is -0.393 e. The summed E-state index contributed by atoms with van der Waals surface area (Å²) in [6.07, 6.45) is 31.4. The first-order valence-electron chi connectivity index (χ1n) is 27.6. The van der Waals surface area contributed by atoms with Crippen molar-refractivity contribution in [1.29, 1.82) is 0 Å². The van der Waals surface area contributed by atoms with Gasteiger partial charge in [0.25, 0.3) is 0 Å². The zero-order valence-electron chi connectivity index (χ0n) is 42.1. The summed E-state index contributed by atoms with van der Waals surface area (Å²) < 4.78 is 23.0. The van der Waals surface area contributed by atoms with Crippen LogP contribution in [0.4, 0.5) is 0 Å². The second-order valence-electron chi connectivity index (χ2n) is 20.0. The highest BCUT2D eigenvalue weighted by molar-refractivity contribution is 7.47. The number of unbranched alkanes of at least 4 members (excludes halogenated alkanes) is 34. The highest BCUT2D eigenvalue weighted by Crippen LogP contribution is 2.47. The van der Waals surface area contributed by atoms with Gasteiger partial charge >= 0.3 is 7.82 Å². The van der Waals surface area contributed by atoms with Crippen LogP contribution in [0.5, 0.6) is 0 Å². The second-order valence-corrected chi connectivity index (χ2v) is 21.4. The van der Waals surface area contributed by atoms with Crippen LogP contribution in [0.15, 0.2) is 0 Å². The van der Waals surface area contributed by atoms with Crippen LogP contribution in [0.2, 0.25) is 0 Å². The summed E-state index contributed by atoms with van der Waals surface area (Å²) in [5.74, 6) is -0.553. The van der Waals surface area contributed by atoms with Crippen molar-refractivity contribution in [3.63, 3.8) is 0 Å². The van der Waals surface area contributed by atoms with Crippen molar-refractivity contribution in [2.24, 2.45) is 0 Å². The Morgan fingerprint density at radius 2 is 0.758 bits per heavy atom. The molecule has 0 spiro atoms. The largest absolute Gasteiger partial charge is 0.472 e. The number of phosphoric acid groups is 1. The molecule has 394 valence electrons. The molecule has 14 heteroatoms. The van der Waals surface area contributed by atoms with Gasteiger partial charge in [-0.25, -0.2) is 4.57 Å². The van der Waals surface area contributed by atoms with Gasteiger partial charge in [-0.3, -0.25) is 13.8 Å². The third-order valence-electron chi connectivity index (χ3n) is 13.7. The highest BCUT2D eigenvalue weighted by Gasteiger charge is 2.51. The number of hydrogen-bond donors (Lipinski definition) is 9. The molecule has 9 N–H and O–H groups in total. The Bertz CT molecular complexity index is 1140. The first kappa shape index (κ1) is 63.3. The topological polar surface area (TPSA) is 226 Å². The molecule has 0 heterocycles. The molecule has 0 aromatic heterocycles. The van der Waals surface area contributed by atoms with Gasteiger partial charge in [-0.15, -0.1) is 0 Å². The van der Waals surface area contributed by atoms with E-state index in [9.17, 15) is 50.0 Å². The maximum absolute atomic E-state index is 13.1. The van der Waals surface area contributed by atoms with Crippen LogP contribution < -0.4 is 5.32 Å². The van der Waals surface area contributed by atoms with Crippen LogP contribution in [-0.2, 0) is 18.4 Å². The normalized spacial score (nSPS) is 22.3. The highest BCUT2D eigenvalue weighted by atomic mass is 31.2. The summed E-state index contributed by atoms with van der Waals surface area (Å²) in [4.78, 5) is 23.6. The van der Waals surface area contributed by atoms with Gasteiger partial charge in [-0.2, -0.15) is 0 Å². The van der Waals surface area contributed by atoms with Gasteiger partial charge in [0.05, 0.1) is 31.3 Å². The number of hydrogen-bond acceptors (Lipinski definition) is 11. The fourth-order valence-electron chi connectivity index (χ4n) is 9.25. The summed E-state index contributed by atoms with van der Waals surface area (Å²) >= 11 is 0. The molecule has 0 aliphatic heterocycles. The van der Waals surface area contributed by atoms with Crippen LogP contribution in [0, 0.1) is 0 Å². The van der Waals surface area contributed by atoms with Gasteiger partial charge in [-0.05, 0) is 12.8 Å². The SMILES string of the molecule is CCCCCCCCCCCCCCCCCCCCC(O)CC(=O)NC(COP(=O)(O)OC1C(O)C(O)C(O)C(O)C1O)C(O)CCCCCCCCCCCCCCCCCCCC. The minimum atomic E-state index is -5.12. The number of carbonyl (C=O) groups is 1. The lowest BCUT2D eigenvalue weighted by Crippen LogP contribution is -2.64. The zero-order valence-corrected chi connectivity index (χ0v) is 43.0. The Kier molecular flexibility index (Phi) is 40.3. The number of aliphatic hydroxyl groups is 7. The first-order valence-corrected chi connectivity index (χ1v) is 29.1. The standard InChI is InChI=1S/C52H104NO12P/c1-3-5-7-9-11-13-15-17-19-21-23-25-27-29-31-33-35-37-39-43(54)41-46(56)53-44(42-64-66(62,63)65-52-50(60)48(58)47(57)49(59)51(52)61)45(55)40-38-36-34-32-30-28-26-24-22-20-18-16-14-12-10-8-6-4-2/h43-45,47-52,54-55,57-61H,3-42H2,1-2H3,(H,53,56)(H,62,63). The predicted octanol–water partition coefficient (Wildman–Crippen LogP) is 10.8. The third-order valence-corrected chi connectivity index (χ3v) is 14.7. The molecule has 0 aromatic rings. The fourth-order valence-corrected chi connectivity index (χ4v) is 10.2. The van der Waals surface area contributed by atoms with Crippen LogP contribution in [-0.4, -0.2) is 108 Å². The lowest BCUT2D eigenvalue weighted by Gasteiger charge is -2.41. The molecule has 0 radical (unpaired) electrons. The van der Waals surface area contributed by atoms with Gasteiger partial charge in [0.2, 0.25) is 5.91 Å². The zero-order chi connectivity index (χ0) is 48.7. The van der Waals surface area contributed by atoms with Crippen LogP contribution in [0.1, 0.15) is 264 Å². The molecule has 1 amide bonds. The summed E-state index contributed by atoms with van der Waals surface area (Å²) in [5.41, 5.74) is 0. The van der Waals surface area contributed by atoms with Crippen LogP contribution >= 0.6 is 7.82 Å². The summed E-state index contributed by atoms with van der Waals surface area (Å²) in [7, 11) is -5.12. The van der Waals surface area contributed by atoms with Crippen molar-refractivity contribution >= 4 is 13.7 Å². The van der Waals surface area contributed by atoms with Crippen molar-refractivity contribution in [3.8, 4) is 0 Å². The Balaban J connectivity index is 2.41. The minimum absolute atomic E-state index is 0.215. The Hall–Kier alpha value is -0.700. The van der Waals surface area contributed by atoms with Crippen LogP contribution in [0.3, 0.4) is 0 Å². The van der Waals surface area contributed by atoms with E-state index in [1.54, 1.807) is 0 Å². The van der Waals surface area contributed by atoms with Gasteiger partial charge in [0.1, 0.15) is 36.6 Å². The Morgan fingerprint density at radius 3 is 1.09 bits per heavy atom. The predicted molar refractivity (Wildman–Crippen MR) is 266 cm³/mol. The summed E-state index contributed by atoms with van der Waals surface area (Å²) in [6, 6.07) is -1.15. The maximum Gasteiger partial charge on any atom is 0.472 e. The smallest absolute Gasteiger partial charge is 0.393 e. The lowest BCUT2D eigenvalue weighted by molar-refractivity contribution is -0.220. The number of aliphatic hydroxyl groups excluding tert-OH is 7. The number of nitrogens with one attached hydrogen (secondary N) is 1. The average Bonchev–Trinajstić information content (AvgIpc) is 3.29. The molecular formula is C52H104NO12P. The van der Waals surface area contributed by atoms with Gasteiger partial charge in [0.15, 0.2) is 0 Å².